The summed E-state index contributed by atoms with van der Waals surface area (Å²) in [5.41, 5.74) is -0.474. The van der Waals surface area contributed by atoms with Gasteiger partial charge in [-0.05, 0) is 26.0 Å². The second-order valence-electron chi connectivity index (χ2n) is 5.94. The molecule has 0 saturated carbocycles. The smallest absolute Gasteiger partial charge is 0.271 e. The van der Waals surface area contributed by atoms with Crippen LogP contribution in [-0.2, 0) is 0 Å². The molecule has 1 aromatic carbocycles. The zero-order valence-corrected chi connectivity index (χ0v) is 16.6. The third kappa shape index (κ3) is 3.64. The van der Waals surface area contributed by atoms with Gasteiger partial charge in [0.05, 0.1) is 0 Å². The summed E-state index contributed by atoms with van der Waals surface area (Å²) < 4.78 is 7.18. The fourth-order valence-corrected chi connectivity index (χ4v) is 4.02. The predicted octanol–water partition coefficient (Wildman–Crippen LogP) is 3.31. The SMILES string of the molecule is Cc1cn2c(=O)c(C(=O)Nc3nnc(C(C)Oc4ccccc4)s3)cnc2s1. The maximum atomic E-state index is 12.5. The van der Waals surface area contributed by atoms with Crippen LogP contribution < -0.4 is 15.6 Å². The lowest BCUT2D eigenvalue weighted by molar-refractivity contribution is 0.102. The van der Waals surface area contributed by atoms with Crippen LogP contribution in [0.3, 0.4) is 0 Å². The highest BCUT2D eigenvalue weighted by Crippen LogP contribution is 2.26. The van der Waals surface area contributed by atoms with Gasteiger partial charge < -0.3 is 4.74 Å². The molecule has 0 fully saturated rings. The number of carbonyl (C=O) groups is 1. The topological polar surface area (TPSA) is 98.5 Å². The minimum Gasteiger partial charge on any atom is -0.483 e. The van der Waals surface area contributed by atoms with E-state index in [0.29, 0.717) is 15.7 Å². The number of rotatable bonds is 5. The molecule has 0 aliphatic heterocycles. The van der Waals surface area contributed by atoms with Gasteiger partial charge in [-0.3, -0.25) is 19.3 Å². The molecule has 3 aromatic heterocycles. The third-order valence-corrected chi connectivity index (χ3v) is 5.74. The number of ether oxygens (including phenoxy) is 1. The molecule has 8 nitrogen and oxygen atoms in total. The molecule has 0 saturated heterocycles. The number of aryl methyl sites for hydroxylation is 1. The molecule has 10 heteroatoms. The van der Waals surface area contributed by atoms with Gasteiger partial charge in [0.15, 0.2) is 9.97 Å². The Morgan fingerprint density at radius 2 is 2.00 bits per heavy atom. The Labute approximate surface area is 167 Å². The van der Waals surface area contributed by atoms with Gasteiger partial charge in [0.2, 0.25) is 5.13 Å². The summed E-state index contributed by atoms with van der Waals surface area (Å²) in [6, 6.07) is 9.37. The van der Waals surface area contributed by atoms with Crippen LogP contribution in [-0.4, -0.2) is 25.5 Å². The van der Waals surface area contributed by atoms with Crippen LogP contribution in [0.4, 0.5) is 5.13 Å². The molecule has 0 radical (unpaired) electrons. The van der Waals surface area contributed by atoms with Crippen LogP contribution in [0.5, 0.6) is 5.75 Å². The highest BCUT2D eigenvalue weighted by atomic mass is 32.1. The quantitative estimate of drug-likeness (QED) is 0.539. The molecule has 0 spiro atoms. The van der Waals surface area contributed by atoms with E-state index in [4.69, 9.17) is 4.74 Å². The van der Waals surface area contributed by atoms with Crippen LogP contribution in [0.25, 0.3) is 4.96 Å². The molecule has 4 aromatic rings. The summed E-state index contributed by atoms with van der Waals surface area (Å²) in [5.74, 6) is 0.143. The second kappa shape index (κ2) is 7.49. The van der Waals surface area contributed by atoms with Crippen molar-refractivity contribution >= 4 is 38.7 Å². The normalized spacial score (nSPS) is 12.1. The number of aromatic nitrogens is 4. The standard InChI is InChI=1S/C18H15N5O3S2/c1-10-9-23-16(25)13(8-19-18(23)27-10)14(24)20-17-22-21-15(28-17)11(2)26-12-6-4-3-5-7-12/h3-9,11H,1-2H3,(H,20,22,24). The van der Waals surface area contributed by atoms with Crippen LogP contribution >= 0.6 is 22.7 Å². The molecule has 0 bridgehead atoms. The van der Waals surface area contributed by atoms with Crippen molar-refractivity contribution < 1.29 is 9.53 Å². The van der Waals surface area contributed by atoms with E-state index in [1.165, 1.54) is 33.3 Å². The Morgan fingerprint density at radius 1 is 1.21 bits per heavy atom. The van der Waals surface area contributed by atoms with Gasteiger partial charge >= 0.3 is 0 Å². The number of para-hydroxylation sites is 1. The largest absolute Gasteiger partial charge is 0.483 e. The van der Waals surface area contributed by atoms with Gasteiger partial charge in [-0.15, -0.1) is 21.5 Å². The van der Waals surface area contributed by atoms with Crippen LogP contribution in [0.2, 0.25) is 0 Å². The number of anilines is 1. The molecular weight excluding hydrogens is 398 g/mol. The number of nitrogens with one attached hydrogen (secondary N) is 1. The van der Waals surface area contributed by atoms with Gasteiger partial charge in [0.25, 0.3) is 11.5 Å². The maximum absolute atomic E-state index is 12.5. The lowest BCUT2D eigenvalue weighted by atomic mass is 10.3. The number of hydrogen-bond acceptors (Lipinski definition) is 8. The molecule has 1 amide bonds. The van der Waals surface area contributed by atoms with Crippen molar-refractivity contribution in [1.82, 2.24) is 19.6 Å². The molecule has 1 unspecified atom stereocenters. The molecule has 28 heavy (non-hydrogen) atoms. The van der Waals surface area contributed by atoms with Crippen molar-refractivity contribution in [3.8, 4) is 5.75 Å². The van der Waals surface area contributed by atoms with Crippen molar-refractivity contribution in [1.29, 1.82) is 0 Å². The third-order valence-electron chi connectivity index (χ3n) is 3.83. The first-order valence-electron chi connectivity index (χ1n) is 8.35. The number of carbonyl (C=O) groups excluding carboxylic acids is 1. The van der Waals surface area contributed by atoms with Gasteiger partial charge in [-0.25, -0.2) is 4.98 Å². The fourth-order valence-electron chi connectivity index (χ4n) is 2.52. The van der Waals surface area contributed by atoms with Crippen molar-refractivity contribution in [3.05, 3.63) is 68.5 Å². The zero-order chi connectivity index (χ0) is 19.7. The highest BCUT2D eigenvalue weighted by molar-refractivity contribution is 7.17. The molecule has 3 heterocycles. The maximum Gasteiger partial charge on any atom is 0.271 e. The number of benzene rings is 1. The molecule has 0 aliphatic carbocycles. The Balaban J connectivity index is 1.50. The summed E-state index contributed by atoms with van der Waals surface area (Å²) in [6.07, 6.45) is 2.62. The summed E-state index contributed by atoms with van der Waals surface area (Å²) >= 11 is 2.57. The van der Waals surface area contributed by atoms with Crippen LogP contribution in [0.1, 0.15) is 33.3 Å². The number of thiazole rings is 1. The zero-order valence-electron chi connectivity index (χ0n) is 14.9. The first-order valence-corrected chi connectivity index (χ1v) is 9.99. The van der Waals surface area contributed by atoms with E-state index in [2.05, 4.69) is 20.5 Å². The van der Waals surface area contributed by atoms with Crippen molar-refractivity contribution in [3.63, 3.8) is 0 Å². The van der Waals surface area contributed by atoms with E-state index in [9.17, 15) is 9.59 Å². The average Bonchev–Trinajstić information content (AvgIpc) is 3.29. The molecule has 1 N–H and O–H groups in total. The molecule has 1 atom stereocenters. The van der Waals surface area contributed by atoms with Crippen LogP contribution in [0, 0.1) is 6.92 Å². The van der Waals surface area contributed by atoms with Gasteiger partial charge in [0.1, 0.15) is 17.4 Å². The second-order valence-corrected chi connectivity index (χ2v) is 8.17. The molecular formula is C18H15N5O3S2. The average molecular weight is 413 g/mol. The van der Waals surface area contributed by atoms with E-state index in [-0.39, 0.29) is 16.8 Å². The first-order chi connectivity index (χ1) is 13.5. The summed E-state index contributed by atoms with van der Waals surface area (Å²) in [5, 5.41) is 11.5. The highest BCUT2D eigenvalue weighted by Gasteiger charge is 2.18. The van der Waals surface area contributed by atoms with E-state index >= 15 is 0 Å². The lowest BCUT2D eigenvalue weighted by Gasteiger charge is -2.10. The minimum absolute atomic E-state index is 0.0550. The van der Waals surface area contributed by atoms with E-state index in [0.717, 1.165) is 4.88 Å². The predicted molar refractivity (Wildman–Crippen MR) is 107 cm³/mol. The molecule has 4 rings (SSSR count). The monoisotopic (exact) mass is 413 g/mol. The number of amides is 1. The first kappa shape index (κ1) is 18.3. The molecule has 0 aliphatic rings. The fraction of sp³-hybridized carbons (Fsp3) is 0.167. The van der Waals surface area contributed by atoms with Crippen molar-refractivity contribution in [2.75, 3.05) is 5.32 Å². The van der Waals surface area contributed by atoms with Crippen LogP contribution in [0.15, 0.2) is 47.5 Å². The Bertz CT molecular complexity index is 1200. The van der Waals surface area contributed by atoms with E-state index in [1.54, 1.807) is 6.20 Å². The van der Waals surface area contributed by atoms with Crippen molar-refractivity contribution in [2.24, 2.45) is 0 Å². The summed E-state index contributed by atoms with van der Waals surface area (Å²) in [6.45, 7) is 3.72. The van der Waals surface area contributed by atoms with E-state index in [1.807, 2.05) is 44.2 Å². The van der Waals surface area contributed by atoms with Gasteiger partial charge in [0, 0.05) is 17.3 Å². The number of hydrogen-bond donors (Lipinski definition) is 1. The summed E-state index contributed by atoms with van der Waals surface area (Å²) in [4.78, 5) is 30.7. The Morgan fingerprint density at radius 3 is 2.79 bits per heavy atom. The minimum atomic E-state index is -0.574. The Kier molecular flexibility index (Phi) is 4.88. The van der Waals surface area contributed by atoms with Gasteiger partial charge in [-0.1, -0.05) is 29.5 Å². The molecule has 142 valence electrons. The lowest BCUT2D eigenvalue weighted by Crippen LogP contribution is -2.25. The van der Waals surface area contributed by atoms with E-state index < -0.39 is 11.5 Å². The Hall–Kier alpha value is -3.11. The number of nitrogens with zero attached hydrogens (tertiary/aromatic N) is 4. The summed E-state index contributed by atoms with van der Waals surface area (Å²) in [7, 11) is 0. The van der Waals surface area contributed by atoms with Crippen molar-refractivity contribution in [2.45, 2.75) is 20.0 Å². The van der Waals surface area contributed by atoms with Gasteiger partial charge in [-0.2, -0.15) is 0 Å². The number of fused-ring (bicyclic) bond motifs is 1.